The Morgan fingerprint density at radius 3 is 2.85 bits per heavy atom. The van der Waals surface area contributed by atoms with Gasteiger partial charge in [0.05, 0.1) is 19.5 Å². The first-order chi connectivity index (χ1) is 15.6. The van der Waals surface area contributed by atoms with Crippen molar-refractivity contribution in [1.82, 2.24) is 24.6 Å². The van der Waals surface area contributed by atoms with E-state index in [0.29, 0.717) is 5.75 Å². The Morgan fingerprint density at radius 1 is 1.45 bits per heavy atom. The number of aromatic amines is 1. The molecule has 2 aromatic heterocycles. The number of nitrogens with one attached hydrogen (secondary N) is 2. The summed E-state index contributed by atoms with van der Waals surface area (Å²) < 4.78 is 30.7. The number of aliphatic hydroxyl groups is 2. The minimum absolute atomic E-state index is 0.0183. The van der Waals surface area contributed by atoms with Crippen LogP contribution in [0.2, 0.25) is 0 Å². The SMILES string of the molecule is CCOC(=O)[C@@H](C)NP(=O)(OC[C@H]1O[C@@H](n2cnc3c(=O)[nH]c(N)nc32)[C@H](O)[C@@H]1O)SCC. The van der Waals surface area contributed by atoms with Gasteiger partial charge in [-0.05, 0) is 13.8 Å². The van der Waals surface area contributed by atoms with Gasteiger partial charge in [0.15, 0.2) is 17.4 Å². The topological polar surface area (TPSA) is 204 Å². The zero-order chi connectivity index (χ0) is 24.3. The quantitative estimate of drug-likeness (QED) is 0.208. The van der Waals surface area contributed by atoms with Crippen LogP contribution in [0.1, 0.15) is 27.0 Å². The number of fused-ring (bicyclic) bond motifs is 1. The summed E-state index contributed by atoms with van der Waals surface area (Å²) in [6, 6.07) is -0.894. The Kier molecular flexibility index (Phi) is 8.16. The molecule has 0 bridgehead atoms. The Bertz CT molecular complexity index is 1100. The number of hydrogen-bond acceptors (Lipinski definition) is 12. The summed E-state index contributed by atoms with van der Waals surface area (Å²) in [5.74, 6) is -0.317. The predicted molar refractivity (Wildman–Crippen MR) is 119 cm³/mol. The van der Waals surface area contributed by atoms with E-state index in [2.05, 4.69) is 20.0 Å². The smallest absolute Gasteiger partial charge is 0.327 e. The maximum Gasteiger partial charge on any atom is 0.327 e. The van der Waals surface area contributed by atoms with E-state index in [1.165, 1.54) is 17.8 Å². The second-order valence-corrected chi connectivity index (χ2v) is 11.7. The van der Waals surface area contributed by atoms with E-state index in [4.69, 9.17) is 19.7 Å². The van der Waals surface area contributed by atoms with Crippen molar-refractivity contribution >= 4 is 41.2 Å². The lowest BCUT2D eigenvalue weighted by atomic mass is 10.1. The number of nitrogens with zero attached hydrogens (tertiary/aromatic N) is 3. The van der Waals surface area contributed by atoms with Crippen molar-refractivity contribution in [3.05, 3.63) is 16.7 Å². The maximum atomic E-state index is 13.2. The maximum absolute atomic E-state index is 13.2. The van der Waals surface area contributed by atoms with E-state index < -0.39 is 48.8 Å². The molecular weight excluding hydrogens is 479 g/mol. The Labute approximate surface area is 192 Å². The van der Waals surface area contributed by atoms with E-state index in [1.807, 2.05) is 0 Å². The summed E-state index contributed by atoms with van der Waals surface area (Å²) in [5, 5.41) is 23.7. The molecule has 33 heavy (non-hydrogen) atoms. The highest BCUT2D eigenvalue weighted by Gasteiger charge is 2.45. The minimum atomic E-state index is -3.58. The van der Waals surface area contributed by atoms with Gasteiger partial charge in [0, 0.05) is 5.75 Å². The lowest BCUT2D eigenvalue weighted by molar-refractivity contribution is -0.144. The van der Waals surface area contributed by atoms with Crippen LogP contribution < -0.4 is 16.4 Å². The fraction of sp³-hybridized carbons (Fsp3) is 0.647. The van der Waals surface area contributed by atoms with E-state index >= 15 is 0 Å². The summed E-state index contributed by atoms with van der Waals surface area (Å²) in [6.07, 6.45) is -3.84. The van der Waals surface area contributed by atoms with Crippen molar-refractivity contribution in [2.45, 2.75) is 51.4 Å². The van der Waals surface area contributed by atoms with Crippen molar-refractivity contribution in [3.8, 4) is 0 Å². The van der Waals surface area contributed by atoms with Crippen LogP contribution in [-0.2, 0) is 23.4 Å². The molecule has 6 N–H and O–H groups in total. The van der Waals surface area contributed by atoms with Gasteiger partial charge in [-0.2, -0.15) is 4.98 Å². The zero-order valence-electron chi connectivity index (χ0n) is 18.2. The number of rotatable bonds is 10. The second kappa shape index (κ2) is 10.5. The van der Waals surface area contributed by atoms with Crippen LogP contribution in [-0.4, -0.2) is 79.0 Å². The van der Waals surface area contributed by atoms with Gasteiger partial charge in [-0.15, -0.1) is 0 Å². The van der Waals surface area contributed by atoms with Crippen LogP contribution in [0.3, 0.4) is 0 Å². The summed E-state index contributed by atoms with van der Waals surface area (Å²) in [5.41, 5.74) is 5.07. The van der Waals surface area contributed by atoms with Crippen LogP contribution >= 0.6 is 18.1 Å². The van der Waals surface area contributed by atoms with Gasteiger partial charge in [0.25, 0.3) is 5.56 Å². The normalized spacial score (nSPS) is 25.7. The minimum Gasteiger partial charge on any atom is -0.465 e. The van der Waals surface area contributed by atoms with Crippen molar-refractivity contribution in [3.63, 3.8) is 0 Å². The summed E-state index contributed by atoms with van der Waals surface area (Å²) >= 11 is 0.969. The lowest BCUT2D eigenvalue weighted by Crippen LogP contribution is -2.36. The van der Waals surface area contributed by atoms with Gasteiger partial charge >= 0.3 is 12.7 Å². The van der Waals surface area contributed by atoms with Gasteiger partial charge < -0.3 is 29.9 Å². The number of H-pyrrole nitrogens is 1. The van der Waals surface area contributed by atoms with Gasteiger partial charge in [-0.3, -0.25) is 23.7 Å². The number of anilines is 1. The number of nitrogen functional groups attached to an aromatic ring is 1. The largest absolute Gasteiger partial charge is 0.465 e. The standard InChI is InChI=1S/C17H27N6O8PS/c1-4-29-16(27)8(3)22-32(28,33-5-2)30-6-9-11(24)12(25)15(31-9)23-7-19-10-13(23)20-17(18)21-14(10)26/h7-9,11-12,15,24-25H,4-6H2,1-3H3,(H,22,28)(H3,18,20,21,26)/t8-,9-,11-,12-,15-,32?/m1/s1. The molecule has 1 aliphatic rings. The second-order valence-electron chi connectivity index (χ2n) is 7.14. The number of hydrogen-bond donors (Lipinski definition) is 5. The summed E-state index contributed by atoms with van der Waals surface area (Å²) in [6.45, 7) is 1.15. The third-order valence-electron chi connectivity index (χ3n) is 4.76. The first-order valence-corrected chi connectivity index (χ1v) is 13.4. The van der Waals surface area contributed by atoms with Crippen molar-refractivity contribution in [2.75, 3.05) is 24.7 Å². The lowest BCUT2D eigenvalue weighted by Gasteiger charge is -2.23. The van der Waals surface area contributed by atoms with Crippen molar-refractivity contribution in [2.24, 2.45) is 0 Å². The van der Waals surface area contributed by atoms with Crippen LogP contribution in [0.25, 0.3) is 11.2 Å². The molecule has 3 rings (SSSR count). The highest BCUT2D eigenvalue weighted by Crippen LogP contribution is 2.56. The van der Waals surface area contributed by atoms with Crippen molar-refractivity contribution < 1.29 is 33.6 Å². The van der Waals surface area contributed by atoms with Gasteiger partial charge in [0.1, 0.15) is 24.4 Å². The van der Waals surface area contributed by atoms with Crippen molar-refractivity contribution in [1.29, 1.82) is 0 Å². The number of aromatic nitrogens is 4. The van der Waals surface area contributed by atoms with E-state index in [-0.39, 0.29) is 30.3 Å². The first-order valence-electron chi connectivity index (χ1n) is 10.2. The van der Waals surface area contributed by atoms with Gasteiger partial charge in [-0.1, -0.05) is 18.3 Å². The molecular formula is C17H27N6O8PS. The predicted octanol–water partition coefficient (Wildman–Crippen LogP) is -0.260. The third kappa shape index (κ3) is 5.57. The number of ether oxygens (including phenoxy) is 2. The molecule has 0 amide bonds. The van der Waals surface area contributed by atoms with E-state index in [0.717, 1.165) is 11.4 Å². The molecule has 2 aromatic rings. The average Bonchev–Trinajstić information content (AvgIpc) is 3.28. The molecule has 0 aliphatic carbocycles. The molecule has 0 aromatic carbocycles. The number of esters is 1. The molecule has 184 valence electrons. The molecule has 0 radical (unpaired) electrons. The van der Waals surface area contributed by atoms with E-state index in [9.17, 15) is 24.4 Å². The van der Waals surface area contributed by atoms with Gasteiger partial charge in [-0.25, -0.2) is 10.1 Å². The highest BCUT2D eigenvalue weighted by atomic mass is 32.7. The molecule has 6 atom stereocenters. The number of nitrogens with two attached hydrogens (primary N) is 1. The molecule has 1 fully saturated rings. The molecule has 16 heteroatoms. The molecule has 0 saturated carbocycles. The fourth-order valence-corrected chi connectivity index (χ4v) is 6.85. The average molecular weight is 506 g/mol. The Hall–Kier alpha value is -2.00. The van der Waals surface area contributed by atoms with Crippen LogP contribution in [0.15, 0.2) is 11.1 Å². The van der Waals surface area contributed by atoms with Crippen LogP contribution in [0.5, 0.6) is 0 Å². The Morgan fingerprint density at radius 2 is 2.18 bits per heavy atom. The fourth-order valence-electron chi connectivity index (χ4n) is 3.24. The molecule has 1 saturated heterocycles. The Balaban J connectivity index is 1.74. The summed E-state index contributed by atoms with van der Waals surface area (Å²) in [4.78, 5) is 34.2. The third-order valence-corrected chi connectivity index (χ3v) is 8.98. The highest BCUT2D eigenvalue weighted by molar-refractivity contribution is 8.56. The number of imidazole rings is 1. The zero-order valence-corrected chi connectivity index (χ0v) is 19.9. The summed E-state index contributed by atoms with van der Waals surface area (Å²) in [7, 11) is 0. The molecule has 0 spiro atoms. The molecule has 3 heterocycles. The molecule has 1 unspecified atom stereocenters. The monoisotopic (exact) mass is 506 g/mol. The van der Waals surface area contributed by atoms with Gasteiger partial charge in [0.2, 0.25) is 5.95 Å². The van der Waals surface area contributed by atoms with Crippen LogP contribution in [0, 0.1) is 0 Å². The molecule has 1 aliphatic heterocycles. The number of carbonyl (C=O) groups is 1. The van der Waals surface area contributed by atoms with E-state index in [1.54, 1.807) is 13.8 Å². The number of aliphatic hydroxyl groups excluding tert-OH is 2. The van der Waals surface area contributed by atoms with Crippen LogP contribution in [0.4, 0.5) is 5.95 Å². The molecule has 14 nitrogen and oxygen atoms in total. The first kappa shape index (κ1) is 25.6. The number of carbonyl (C=O) groups excluding carboxylic acids is 1.